The number of nitrogens with one attached hydrogen (secondary N) is 1. The lowest BCUT2D eigenvalue weighted by atomic mass is 10.1. The number of hydroxylamine groups is 1. The average Bonchev–Trinajstić information content (AvgIpc) is 3.00. The summed E-state index contributed by atoms with van der Waals surface area (Å²) >= 11 is 0. The van der Waals surface area contributed by atoms with Crippen LogP contribution in [-0.2, 0) is 14.8 Å². The lowest BCUT2D eigenvalue weighted by Crippen LogP contribution is -2.14. The van der Waals surface area contributed by atoms with Crippen molar-refractivity contribution in [1.29, 1.82) is 0 Å². The summed E-state index contributed by atoms with van der Waals surface area (Å²) in [5, 5.41) is 9.24. The second kappa shape index (κ2) is 6.31. The number of amides is 1. The van der Waals surface area contributed by atoms with Crippen molar-refractivity contribution in [2.75, 3.05) is 0 Å². The zero-order valence-electron chi connectivity index (χ0n) is 12.5. The van der Waals surface area contributed by atoms with Gasteiger partial charge in [-0.2, -0.15) is 0 Å². The Labute approximate surface area is 138 Å². The third-order valence-electron chi connectivity index (χ3n) is 3.53. The van der Waals surface area contributed by atoms with Gasteiger partial charge in [0.25, 0.3) is 15.9 Å². The van der Waals surface area contributed by atoms with E-state index in [-0.39, 0.29) is 4.90 Å². The van der Waals surface area contributed by atoms with E-state index in [1.807, 2.05) is 0 Å². The van der Waals surface area contributed by atoms with Gasteiger partial charge in [0.05, 0.1) is 10.4 Å². The fourth-order valence-electron chi connectivity index (χ4n) is 2.42. The van der Waals surface area contributed by atoms with Gasteiger partial charge in [-0.1, -0.05) is 36.4 Å². The van der Waals surface area contributed by atoms with Crippen molar-refractivity contribution in [3.8, 4) is 0 Å². The van der Waals surface area contributed by atoms with Gasteiger partial charge in [-0.25, -0.2) is 17.9 Å². The monoisotopic (exact) mass is 342 g/mol. The lowest BCUT2D eigenvalue weighted by Gasteiger charge is -2.07. The van der Waals surface area contributed by atoms with Gasteiger partial charge in [0.2, 0.25) is 0 Å². The summed E-state index contributed by atoms with van der Waals surface area (Å²) < 4.78 is 26.9. The maximum absolute atomic E-state index is 12.9. The summed E-state index contributed by atoms with van der Waals surface area (Å²) in [4.78, 5) is 11.3. The molecule has 0 aliphatic heterocycles. The Kier molecular flexibility index (Phi) is 4.20. The highest BCUT2D eigenvalue weighted by atomic mass is 32.2. The number of hydrogen-bond acceptors (Lipinski definition) is 4. The molecule has 0 aliphatic rings. The van der Waals surface area contributed by atoms with Crippen LogP contribution in [-0.4, -0.2) is 23.5 Å². The molecule has 0 fully saturated rings. The Balaban J connectivity index is 2.20. The van der Waals surface area contributed by atoms with E-state index in [0.29, 0.717) is 16.5 Å². The summed E-state index contributed by atoms with van der Waals surface area (Å²) in [5.41, 5.74) is 2.55. The third kappa shape index (κ3) is 2.82. The number of aromatic nitrogens is 1. The lowest BCUT2D eigenvalue weighted by molar-refractivity contribution is -0.124. The largest absolute Gasteiger partial charge is 0.288 e. The third-order valence-corrected chi connectivity index (χ3v) is 5.22. The number of benzene rings is 2. The molecule has 1 heterocycles. The molecule has 0 aliphatic carbocycles. The van der Waals surface area contributed by atoms with E-state index in [2.05, 4.69) is 0 Å². The van der Waals surface area contributed by atoms with Gasteiger partial charge in [0.15, 0.2) is 0 Å². The van der Waals surface area contributed by atoms with Gasteiger partial charge in [-0.3, -0.25) is 10.0 Å². The quantitative estimate of drug-likeness (QED) is 0.433. The standard InChI is InChI=1S/C17H14N2O4S/c20-17(18-21)11-10-13-12-19(16-9-5-4-8-15(13)16)24(22,23)14-6-2-1-3-7-14/h1-12,21H,(H,18,20)/b11-10-. The van der Waals surface area contributed by atoms with Gasteiger partial charge in [-0.15, -0.1) is 0 Å². The highest BCUT2D eigenvalue weighted by molar-refractivity contribution is 7.90. The summed E-state index contributed by atoms with van der Waals surface area (Å²) in [6.07, 6.45) is 4.03. The molecule has 0 spiro atoms. The molecule has 24 heavy (non-hydrogen) atoms. The second-order valence-corrected chi connectivity index (χ2v) is 6.84. The van der Waals surface area contributed by atoms with Crippen LogP contribution in [0.25, 0.3) is 17.0 Å². The van der Waals surface area contributed by atoms with Crippen LogP contribution in [0.1, 0.15) is 5.56 Å². The molecule has 3 rings (SSSR count). The molecule has 0 atom stereocenters. The van der Waals surface area contributed by atoms with E-state index in [4.69, 9.17) is 5.21 Å². The molecule has 2 aromatic carbocycles. The molecule has 1 aromatic heterocycles. The van der Waals surface area contributed by atoms with Gasteiger partial charge in [0.1, 0.15) is 0 Å². The van der Waals surface area contributed by atoms with E-state index >= 15 is 0 Å². The van der Waals surface area contributed by atoms with E-state index in [1.165, 1.54) is 33.9 Å². The number of hydrogen-bond donors (Lipinski definition) is 2. The molecule has 0 saturated heterocycles. The molecule has 6 nitrogen and oxygen atoms in total. The first-order valence-electron chi connectivity index (χ1n) is 7.07. The molecular weight excluding hydrogens is 328 g/mol. The first-order chi connectivity index (χ1) is 11.5. The summed E-state index contributed by atoms with van der Waals surface area (Å²) in [6.45, 7) is 0. The van der Waals surface area contributed by atoms with Crippen molar-refractivity contribution in [1.82, 2.24) is 9.45 Å². The summed E-state index contributed by atoms with van der Waals surface area (Å²) in [7, 11) is -3.76. The van der Waals surface area contributed by atoms with Crippen LogP contribution in [0, 0.1) is 0 Å². The minimum atomic E-state index is -3.76. The number of carbonyl (C=O) groups excluding carboxylic acids is 1. The van der Waals surface area contributed by atoms with Crippen LogP contribution in [0.5, 0.6) is 0 Å². The van der Waals surface area contributed by atoms with Crippen molar-refractivity contribution in [3.63, 3.8) is 0 Å². The molecular formula is C17H14N2O4S. The number of fused-ring (bicyclic) bond motifs is 1. The van der Waals surface area contributed by atoms with Gasteiger partial charge >= 0.3 is 0 Å². The van der Waals surface area contributed by atoms with Crippen LogP contribution >= 0.6 is 0 Å². The Hall–Kier alpha value is -2.90. The van der Waals surface area contributed by atoms with Crippen LogP contribution in [0.4, 0.5) is 0 Å². The van der Waals surface area contributed by atoms with Crippen LogP contribution in [0.2, 0.25) is 0 Å². The number of para-hydroxylation sites is 1. The van der Waals surface area contributed by atoms with Gasteiger partial charge in [-0.05, 0) is 24.3 Å². The van der Waals surface area contributed by atoms with Crippen LogP contribution in [0.3, 0.4) is 0 Å². The molecule has 0 bridgehead atoms. The molecule has 0 radical (unpaired) electrons. The summed E-state index contributed by atoms with van der Waals surface area (Å²) in [6, 6.07) is 15.1. The highest BCUT2D eigenvalue weighted by Gasteiger charge is 2.20. The molecule has 122 valence electrons. The normalized spacial score (nSPS) is 11.9. The fraction of sp³-hybridized carbons (Fsp3) is 0. The predicted octanol–water partition coefficient (Wildman–Crippen LogP) is 2.40. The summed E-state index contributed by atoms with van der Waals surface area (Å²) in [5.74, 6) is -0.697. The SMILES string of the molecule is O=C(/C=C\c1cn(S(=O)(=O)c2ccccc2)c2ccccc12)NO. The predicted molar refractivity (Wildman–Crippen MR) is 89.9 cm³/mol. The zero-order chi connectivity index (χ0) is 17.2. The minimum Gasteiger partial charge on any atom is -0.288 e. The Morgan fingerprint density at radius 2 is 1.71 bits per heavy atom. The van der Waals surface area contributed by atoms with Crippen molar-refractivity contribution < 1.29 is 18.4 Å². The van der Waals surface area contributed by atoms with E-state index in [0.717, 1.165) is 6.08 Å². The topological polar surface area (TPSA) is 88.4 Å². The molecule has 0 unspecified atom stereocenters. The molecule has 1 amide bonds. The van der Waals surface area contributed by atoms with Crippen molar-refractivity contribution >= 4 is 32.9 Å². The maximum Gasteiger partial charge on any atom is 0.268 e. The van der Waals surface area contributed by atoms with Gasteiger partial charge in [0, 0.05) is 23.2 Å². The Bertz CT molecular complexity index is 1020. The Morgan fingerprint density at radius 1 is 1.04 bits per heavy atom. The second-order valence-electron chi connectivity index (χ2n) is 5.02. The van der Waals surface area contributed by atoms with Crippen LogP contribution < -0.4 is 5.48 Å². The van der Waals surface area contributed by atoms with Crippen molar-refractivity contribution in [3.05, 3.63) is 72.4 Å². The average molecular weight is 342 g/mol. The molecule has 0 saturated carbocycles. The minimum absolute atomic E-state index is 0.175. The molecule has 3 aromatic rings. The first kappa shape index (κ1) is 16.0. The molecule has 7 heteroatoms. The van der Waals surface area contributed by atoms with Crippen molar-refractivity contribution in [2.45, 2.75) is 4.90 Å². The zero-order valence-corrected chi connectivity index (χ0v) is 13.3. The molecule has 2 N–H and O–H groups in total. The Morgan fingerprint density at radius 3 is 2.42 bits per heavy atom. The van der Waals surface area contributed by atoms with E-state index < -0.39 is 15.9 Å². The fourth-order valence-corrected chi connectivity index (χ4v) is 3.81. The van der Waals surface area contributed by atoms with E-state index in [1.54, 1.807) is 42.5 Å². The smallest absolute Gasteiger partial charge is 0.268 e. The number of rotatable bonds is 4. The van der Waals surface area contributed by atoms with E-state index in [9.17, 15) is 13.2 Å². The van der Waals surface area contributed by atoms with Gasteiger partial charge < -0.3 is 0 Å². The number of carbonyl (C=O) groups is 1. The van der Waals surface area contributed by atoms with Crippen molar-refractivity contribution in [2.24, 2.45) is 0 Å². The van der Waals surface area contributed by atoms with Crippen LogP contribution in [0.15, 0.2) is 71.8 Å². The maximum atomic E-state index is 12.9. The highest BCUT2D eigenvalue weighted by Crippen LogP contribution is 2.26. The number of nitrogens with zero attached hydrogens (tertiary/aromatic N) is 1. The first-order valence-corrected chi connectivity index (χ1v) is 8.51.